The van der Waals surface area contributed by atoms with E-state index in [1.165, 1.54) is 0 Å². The van der Waals surface area contributed by atoms with Gasteiger partial charge in [-0.15, -0.1) is 0 Å². The minimum atomic E-state index is 0. The van der Waals surface area contributed by atoms with Crippen LogP contribution in [0.3, 0.4) is 0 Å². The number of rotatable bonds is 6. The molecule has 0 aliphatic carbocycles. The second-order valence-electron chi connectivity index (χ2n) is 13.2. The van der Waals surface area contributed by atoms with Gasteiger partial charge in [-0.3, -0.25) is 0 Å². The fraction of sp³-hybridized carbons (Fsp3) is 0.769. The van der Waals surface area contributed by atoms with E-state index in [0.717, 1.165) is 26.2 Å². The second kappa shape index (κ2) is 18.2. The zero-order valence-corrected chi connectivity index (χ0v) is 29.2. The second-order valence-corrected chi connectivity index (χ2v) is 13.2. The molecule has 2 aliphatic rings. The van der Waals surface area contributed by atoms with Gasteiger partial charge in [-0.05, 0) is 108 Å². The minimum absolute atomic E-state index is 0. The first-order valence-electron chi connectivity index (χ1n) is 12.2. The maximum absolute atomic E-state index is 2.38. The van der Waals surface area contributed by atoms with Crippen LogP contribution >= 0.6 is 0 Å². The monoisotopic (exact) mass is 622 g/mol. The van der Waals surface area contributed by atoms with Gasteiger partial charge in [0.25, 0.3) is 0 Å². The summed E-state index contributed by atoms with van der Waals surface area (Å²) in [5.74, 6) is 0. The summed E-state index contributed by atoms with van der Waals surface area (Å²) in [6.45, 7) is 35.6. The van der Waals surface area contributed by atoms with Crippen molar-refractivity contribution < 1.29 is 82.3 Å². The van der Waals surface area contributed by atoms with Crippen molar-refractivity contribution in [3.05, 3.63) is 38.1 Å². The Bertz CT molecular complexity index is 566. The summed E-state index contributed by atoms with van der Waals surface area (Å²) < 4.78 is 0. The van der Waals surface area contributed by atoms with Crippen molar-refractivity contribution >= 4 is 0 Å². The molecule has 2 heterocycles. The van der Waals surface area contributed by atoms with Gasteiger partial charge in [0.2, 0.25) is 0 Å². The molecule has 0 unspecified atom stereocenters. The van der Waals surface area contributed by atoms with E-state index in [2.05, 4.69) is 151 Å². The van der Waals surface area contributed by atoms with E-state index in [1.54, 1.807) is 0 Å². The first kappa shape index (κ1) is 43.8. The largest absolute Gasteiger partial charge is 1.00 e. The molecule has 0 aromatic rings. The van der Waals surface area contributed by atoms with Gasteiger partial charge in [-0.2, -0.15) is 13.3 Å². The molecule has 0 atom stereocenters. The van der Waals surface area contributed by atoms with E-state index in [-0.39, 0.29) is 82.8 Å². The number of halogens is 2. The van der Waals surface area contributed by atoms with Crippen molar-refractivity contribution in [2.75, 3.05) is 26.2 Å². The molecular weight excluding hydrogens is 570 g/mol. The van der Waals surface area contributed by atoms with Crippen molar-refractivity contribution in [3.8, 4) is 0 Å². The molecule has 0 aromatic heterocycles. The van der Waals surface area contributed by atoms with Crippen LogP contribution in [0, 0.1) is 13.3 Å². The van der Waals surface area contributed by atoms with Crippen LogP contribution in [0.5, 0.6) is 0 Å². The van der Waals surface area contributed by atoms with E-state index in [4.69, 9.17) is 0 Å². The molecular formula is C26H54Br2Li2N6. The van der Waals surface area contributed by atoms with Gasteiger partial charge in [0.1, 0.15) is 0 Å². The number of quaternary nitrogens is 2. The number of nitrogens with zero attached hydrogens (tertiary/aromatic N) is 4. The predicted octanol–water partition coefficient (Wildman–Crippen LogP) is -9.27. The van der Waals surface area contributed by atoms with Crippen LogP contribution in [-0.2, 0) is 0 Å². The molecule has 6 nitrogen and oxygen atoms in total. The maximum Gasteiger partial charge on any atom is 1.00 e. The molecule has 0 bridgehead atoms. The van der Waals surface area contributed by atoms with Gasteiger partial charge in [-0.25, -0.2) is 0 Å². The van der Waals surface area contributed by atoms with Crippen molar-refractivity contribution in [3.63, 3.8) is 0 Å². The predicted molar refractivity (Wildman–Crippen MR) is 137 cm³/mol. The van der Waals surface area contributed by atoms with Crippen molar-refractivity contribution in [2.24, 2.45) is 0 Å². The van der Waals surface area contributed by atoms with Crippen LogP contribution in [-0.4, -0.2) is 67.9 Å². The quantitative estimate of drug-likeness (QED) is 0.228. The van der Waals surface area contributed by atoms with E-state index in [0.29, 0.717) is 11.1 Å². The van der Waals surface area contributed by atoms with Crippen molar-refractivity contribution in [1.82, 2.24) is 19.6 Å². The first-order chi connectivity index (χ1) is 14.4. The SMILES string of the molecule is CC(C)(C)[NH2+]CCN1C=CN(C(C)(C)C)[CH-]1.CC(C)(C)[NH2+]CCN1C=CN(C(C)(C)C)[CH-]1.[Br-].[Br-].[Li+].[Li+]. The summed E-state index contributed by atoms with van der Waals surface area (Å²) in [6.07, 6.45) is 8.61. The normalized spacial score (nSPS) is 15.4. The van der Waals surface area contributed by atoms with Crippen LogP contribution in [0.1, 0.15) is 83.1 Å². The van der Waals surface area contributed by atoms with Gasteiger partial charge in [0.05, 0.1) is 24.2 Å². The smallest absolute Gasteiger partial charge is 1.00 e. The van der Waals surface area contributed by atoms with Gasteiger partial charge < -0.3 is 64.2 Å². The Kier molecular flexibility index (Phi) is 22.1. The van der Waals surface area contributed by atoms with Crippen LogP contribution in [0.2, 0.25) is 0 Å². The Labute approximate surface area is 269 Å². The standard InChI is InChI=1S/2C13H26N3.2BrH.2Li/c2*1-12(2,3)14-7-8-15-9-10-16(11-15)13(4,5)6;;;;/h2*9-11,14H,7-8H2,1-6H3;2*1H;;/q2*-1;;;2*+1. The Balaban J connectivity index is -0.000000256. The molecule has 36 heavy (non-hydrogen) atoms. The third-order valence-electron chi connectivity index (χ3n) is 5.22. The van der Waals surface area contributed by atoms with Crippen molar-refractivity contribution in [2.45, 2.75) is 105 Å². The Morgan fingerprint density at radius 2 is 0.806 bits per heavy atom. The maximum atomic E-state index is 2.38. The Morgan fingerprint density at radius 3 is 1.00 bits per heavy atom. The number of hydrogen-bond donors (Lipinski definition) is 2. The topological polar surface area (TPSA) is 46.2 Å². The molecule has 0 saturated heterocycles. The van der Waals surface area contributed by atoms with E-state index in [1.807, 2.05) is 0 Å². The van der Waals surface area contributed by atoms with E-state index < -0.39 is 0 Å². The Hall–Kier alpha value is 0.755. The summed E-state index contributed by atoms with van der Waals surface area (Å²) in [5, 5.41) is 4.77. The third kappa shape index (κ3) is 19.8. The summed E-state index contributed by atoms with van der Waals surface area (Å²) in [4.78, 5) is 9.02. The molecule has 2 rings (SSSR count). The van der Waals surface area contributed by atoms with E-state index >= 15 is 0 Å². The van der Waals surface area contributed by atoms with Crippen LogP contribution in [0.25, 0.3) is 0 Å². The molecule has 0 fully saturated rings. The molecule has 0 radical (unpaired) electrons. The number of nitrogens with two attached hydrogens (primary N) is 2. The zero-order valence-electron chi connectivity index (χ0n) is 26.0. The zero-order chi connectivity index (χ0) is 24.8. The summed E-state index contributed by atoms with van der Waals surface area (Å²) in [5.41, 5.74) is 1.01. The molecule has 0 amide bonds. The summed E-state index contributed by atoms with van der Waals surface area (Å²) in [7, 11) is 0. The van der Waals surface area contributed by atoms with Gasteiger partial charge in [0, 0.05) is 24.2 Å². The van der Waals surface area contributed by atoms with Crippen molar-refractivity contribution in [1.29, 1.82) is 0 Å². The fourth-order valence-electron chi connectivity index (χ4n) is 3.14. The average Bonchev–Trinajstić information content (AvgIpc) is 3.21. The van der Waals surface area contributed by atoms with Crippen LogP contribution in [0.15, 0.2) is 24.8 Å². The average molecular weight is 624 g/mol. The van der Waals surface area contributed by atoms with E-state index in [9.17, 15) is 0 Å². The fourth-order valence-corrected chi connectivity index (χ4v) is 3.14. The molecule has 2 aliphatic heterocycles. The molecule has 0 spiro atoms. The van der Waals surface area contributed by atoms with Gasteiger partial charge in [0.15, 0.2) is 0 Å². The summed E-state index contributed by atoms with van der Waals surface area (Å²) in [6, 6.07) is 0. The molecule has 204 valence electrons. The summed E-state index contributed by atoms with van der Waals surface area (Å²) >= 11 is 0. The third-order valence-corrected chi connectivity index (χ3v) is 5.22. The van der Waals surface area contributed by atoms with Crippen LogP contribution in [0.4, 0.5) is 0 Å². The molecule has 0 saturated carbocycles. The molecule has 4 N–H and O–H groups in total. The minimum Gasteiger partial charge on any atom is -1.00 e. The van der Waals surface area contributed by atoms with Gasteiger partial charge >= 0.3 is 37.7 Å². The molecule has 0 aromatic carbocycles. The Morgan fingerprint density at radius 1 is 0.528 bits per heavy atom. The van der Waals surface area contributed by atoms with Gasteiger partial charge in [-0.1, -0.05) is 0 Å². The first-order valence-corrected chi connectivity index (χ1v) is 12.2. The van der Waals surface area contributed by atoms with Crippen LogP contribution < -0.4 is 82.3 Å². The number of hydrogen-bond acceptors (Lipinski definition) is 4. The molecule has 10 heteroatoms.